The SMILES string of the molecule is COc1ccccc1-c1cnc2ccc(N3CC[C@H](N(C)C(=O)C(C)(C)C)C3)nn12. The van der Waals surface area contributed by atoms with Gasteiger partial charge in [0.15, 0.2) is 5.65 Å². The number of likely N-dealkylation sites (N-methyl/N-ethyl adjacent to an activating group) is 1. The van der Waals surface area contributed by atoms with Crippen LogP contribution in [0.2, 0.25) is 0 Å². The molecule has 2 aromatic heterocycles. The summed E-state index contributed by atoms with van der Waals surface area (Å²) in [5.74, 6) is 1.84. The molecule has 1 aromatic carbocycles. The van der Waals surface area contributed by atoms with Crippen molar-refractivity contribution < 1.29 is 9.53 Å². The molecule has 1 saturated heterocycles. The van der Waals surface area contributed by atoms with Crippen LogP contribution in [0.25, 0.3) is 16.9 Å². The van der Waals surface area contributed by atoms with E-state index < -0.39 is 0 Å². The molecule has 0 aliphatic carbocycles. The first-order valence-corrected chi connectivity index (χ1v) is 10.3. The zero-order valence-electron chi connectivity index (χ0n) is 18.3. The Bertz CT molecular complexity index is 1070. The molecule has 4 rings (SSSR count). The highest BCUT2D eigenvalue weighted by atomic mass is 16.5. The summed E-state index contributed by atoms with van der Waals surface area (Å²) in [6.45, 7) is 7.53. The maximum Gasteiger partial charge on any atom is 0.228 e. The lowest BCUT2D eigenvalue weighted by Gasteiger charge is -2.31. The van der Waals surface area contributed by atoms with Crippen molar-refractivity contribution in [2.24, 2.45) is 5.41 Å². The van der Waals surface area contributed by atoms with Crippen molar-refractivity contribution >= 4 is 17.4 Å². The van der Waals surface area contributed by atoms with Gasteiger partial charge in [0.2, 0.25) is 5.91 Å². The summed E-state index contributed by atoms with van der Waals surface area (Å²) in [4.78, 5) is 21.3. The lowest BCUT2D eigenvalue weighted by Crippen LogP contribution is -2.44. The average Bonchev–Trinajstić information content (AvgIpc) is 3.38. The first kappa shape index (κ1) is 20.2. The molecule has 0 radical (unpaired) electrons. The summed E-state index contributed by atoms with van der Waals surface area (Å²) in [5, 5.41) is 4.88. The molecule has 0 unspecified atom stereocenters. The molecule has 7 heteroatoms. The number of nitrogens with zero attached hydrogens (tertiary/aromatic N) is 5. The molecule has 1 amide bonds. The fourth-order valence-corrected chi connectivity index (χ4v) is 4.03. The number of amides is 1. The number of hydrogen-bond acceptors (Lipinski definition) is 5. The van der Waals surface area contributed by atoms with Crippen LogP contribution in [0.4, 0.5) is 5.82 Å². The lowest BCUT2D eigenvalue weighted by atomic mass is 9.94. The van der Waals surface area contributed by atoms with E-state index in [-0.39, 0.29) is 17.4 Å². The van der Waals surface area contributed by atoms with Crippen molar-refractivity contribution in [2.75, 3.05) is 32.1 Å². The van der Waals surface area contributed by atoms with Gasteiger partial charge in [-0.2, -0.15) is 0 Å². The second kappa shape index (κ2) is 7.63. The van der Waals surface area contributed by atoms with Crippen molar-refractivity contribution in [3.8, 4) is 17.0 Å². The van der Waals surface area contributed by atoms with E-state index in [4.69, 9.17) is 9.84 Å². The zero-order chi connectivity index (χ0) is 21.5. The molecule has 3 heterocycles. The Hall–Kier alpha value is -3.09. The number of ether oxygens (including phenoxy) is 1. The van der Waals surface area contributed by atoms with Crippen LogP contribution >= 0.6 is 0 Å². The highest BCUT2D eigenvalue weighted by molar-refractivity contribution is 5.81. The van der Waals surface area contributed by atoms with Gasteiger partial charge in [-0.15, -0.1) is 5.10 Å². The summed E-state index contributed by atoms with van der Waals surface area (Å²) >= 11 is 0. The predicted octanol–water partition coefficient (Wildman–Crippen LogP) is 3.49. The average molecular weight is 408 g/mol. The molecular formula is C23H29N5O2. The van der Waals surface area contributed by atoms with Crippen LogP contribution in [0.1, 0.15) is 27.2 Å². The fraction of sp³-hybridized carbons (Fsp3) is 0.435. The van der Waals surface area contributed by atoms with Crippen molar-refractivity contribution in [1.82, 2.24) is 19.5 Å². The number of benzene rings is 1. The largest absolute Gasteiger partial charge is 0.496 e. The van der Waals surface area contributed by atoms with Gasteiger partial charge in [0.1, 0.15) is 11.6 Å². The van der Waals surface area contributed by atoms with Crippen LogP contribution < -0.4 is 9.64 Å². The maximum atomic E-state index is 12.7. The number of hydrogen-bond donors (Lipinski definition) is 0. The normalized spacial score (nSPS) is 16.8. The molecule has 1 atom stereocenters. The van der Waals surface area contributed by atoms with E-state index in [9.17, 15) is 4.79 Å². The monoisotopic (exact) mass is 407 g/mol. The number of imidazole rings is 1. The number of rotatable bonds is 4. The molecule has 0 N–H and O–H groups in total. The molecule has 1 aliphatic rings. The van der Waals surface area contributed by atoms with Crippen molar-refractivity contribution in [2.45, 2.75) is 33.2 Å². The van der Waals surface area contributed by atoms with Crippen molar-refractivity contribution in [3.63, 3.8) is 0 Å². The number of carbonyl (C=O) groups excluding carboxylic acids is 1. The number of fused-ring (bicyclic) bond motifs is 1. The van der Waals surface area contributed by atoms with Crippen molar-refractivity contribution in [1.29, 1.82) is 0 Å². The molecule has 0 bridgehead atoms. The van der Waals surface area contributed by atoms with Crippen LogP contribution in [-0.4, -0.2) is 58.7 Å². The van der Waals surface area contributed by atoms with Crippen molar-refractivity contribution in [3.05, 3.63) is 42.6 Å². The van der Waals surface area contributed by atoms with Gasteiger partial charge in [-0.3, -0.25) is 4.79 Å². The summed E-state index contributed by atoms with van der Waals surface area (Å²) in [5.41, 5.74) is 2.25. The molecule has 1 aliphatic heterocycles. The van der Waals surface area contributed by atoms with Gasteiger partial charge in [-0.05, 0) is 30.7 Å². The molecule has 3 aromatic rings. The quantitative estimate of drug-likeness (QED) is 0.663. The van der Waals surface area contributed by atoms with E-state index in [1.54, 1.807) is 7.11 Å². The molecule has 158 valence electrons. The van der Waals surface area contributed by atoms with E-state index in [1.165, 1.54) is 0 Å². The van der Waals surface area contributed by atoms with Crippen LogP contribution in [0.15, 0.2) is 42.6 Å². The van der Waals surface area contributed by atoms with Gasteiger partial charge in [0.25, 0.3) is 0 Å². The van der Waals surface area contributed by atoms with Gasteiger partial charge in [0.05, 0.1) is 25.0 Å². The van der Waals surface area contributed by atoms with Crippen LogP contribution in [0.3, 0.4) is 0 Å². The Morgan fingerprint density at radius 3 is 2.70 bits per heavy atom. The summed E-state index contributed by atoms with van der Waals surface area (Å²) < 4.78 is 7.39. The summed E-state index contributed by atoms with van der Waals surface area (Å²) in [7, 11) is 3.58. The van der Waals surface area contributed by atoms with Crippen LogP contribution in [-0.2, 0) is 4.79 Å². The number of methoxy groups -OCH3 is 1. The van der Waals surface area contributed by atoms with E-state index in [1.807, 2.05) is 79.8 Å². The predicted molar refractivity (Wildman–Crippen MR) is 118 cm³/mol. The first-order valence-electron chi connectivity index (χ1n) is 10.3. The molecule has 1 fully saturated rings. The maximum absolute atomic E-state index is 12.7. The Kier molecular flexibility index (Phi) is 5.13. The Labute approximate surface area is 177 Å². The molecule has 0 spiro atoms. The summed E-state index contributed by atoms with van der Waals surface area (Å²) in [6.07, 6.45) is 2.76. The topological polar surface area (TPSA) is 63.0 Å². The smallest absolute Gasteiger partial charge is 0.228 e. The number of aromatic nitrogens is 3. The van der Waals surface area contributed by atoms with Crippen LogP contribution in [0.5, 0.6) is 5.75 Å². The van der Waals surface area contributed by atoms with Crippen LogP contribution in [0, 0.1) is 5.41 Å². The minimum absolute atomic E-state index is 0.172. The minimum Gasteiger partial charge on any atom is -0.496 e. The Morgan fingerprint density at radius 2 is 1.97 bits per heavy atom. The third-order valence-electron chi connectivity index (χ3n) is 5.73. The van der Waals surface area contributed by atoms with E-state index in [0.717, 1.165) is 48.0 Å². The van der Waals surface area contributed by atoms with Gasteiger partial charge in [-0.25, -0.2) is 9.50 Å². The number of para-hydroxylation sites is 1. The standard InChI is InChI=1S/C23H29N5O2/c1-23(2,3)22(29)26(4)16-12-13-27(15-16)21-11-10-20-24-14-18(28(20)25-21)17-8-6-7-9-19(17)30-5/h6-11,14,16H,12-13,15H2,1-5H3/t16-/m0/s1. The molecule has 0 saturated carbocycles. The van der Waals surface area contributed by atoms with E-state index in [2.05, 4.69) is 9.88 Å². The van der Waals surface area contributed by atoms with Gasteiger partial charge < -0.3 is 14.5 Å². The Balaban J connectivity index is 1.61. The first-order chi connectivity index (χ1) is 14.3. The summed E-state index contributed by atoms with van der Waals surface area (Å²) in [6, 6.07) is 12.0. The number of anilines is 1. The fourth-order valence-electron chi connectivity index (χ4n) is 4.03. The second-order valence-electron chi connectivity index (χ2n) is 8.86. The second-order valence-corrected chi connectivity index (χ2v) is 8.86. The van der Waals surface area contributed by atoms with Gasteiger partial charge in [-0.1, -0.05) is 32.9 Å². The Morgan fingerprint density at radius 1 is 1.20 bits per heavy atom. The minimum atomic E-state index is -0.375. The third-order valence-corrected chi connectivity index (χ3v) is 5.73. The number of carbonyl (C=O) groups is 1. The highest BCUT2D eigenvalue weighted by Gasteiger charge is 2.33. The molecular weight excluding hydrogens is 378 g/mol. The van der Waals surface area contributed by atoms with E-state index in [0.29, 0.717) is 0 Å². The molecule has 7 nitrogen and oxygen atoms in total. The van der Waals surface area contributed by atoms with Gasteiger partial charge in [0, 0.05) is 31.1 Å². The zero-order valence-corrected chi connectivity index (χ0v) is 18.3. The third kappa shape index (κ3) is 3.60. The highest BCUT2D eigenvalue weighted by Crippen LogP contribution is 2.31. The van der Waals surface area contributed by atoms with Gasteiger partial charge >= 0.3 is 0 Å². The lowest BCUT2D eigenvalue weighted by molar-refractivity contribution is -0.139. The molecule has 30 heavy (non-hydrogen) atoms. The van der Waals surface area contributed by atoms with E-state index >= 15 is 0 Å².